The highest BCUT2D eigenvalue weighted by Crippen LogP contribution is 2.20. The fraction of sp³-hybridized carbons (Fsp3) is 0. The van der Waals surface area contributed by atoms with E-state index in [1.807, 2.05) is 12.1 Å². The lowest BCUT2D eigenvalue weighted by molar-refractivity contribution is 0.439. The minimum Gasteiger partial charge on any atom is -0.522 e. The van der Waals surface area contributed by atoms with Crippen LogP contribution in [0.15, 0.2) is 72.8 Å². The van der Waals surface area contributed by atoms with Crippen molar-refractivity contribution in [2.75, 3.05) is 0 Å². The molecule has 120 valence electrons. The zero-order valence-corrected chi connectivity index (χ0v) is 14.7. The molecule has 0 unspecified atom stereocenters. The van der Waals surface area contributed by atoms with Crippen molar-refractivity contribution in [1.29, 1.82) is 0 Å². The molecule has 0 atom stereocenters. The largest absolute Gasteiger partial charge is 0.632 e. The van der Waals surface area contributed by atoms with E-state index < -0.39 is 7.12 Å². The van der Waals surface area contributed by atoms with Crippen LogP contribution in [0, 0.1) is 0 Å². The van der Waals surface area contributed by atoms with Gasteiger partial charge >= 0.3 is 7.12 Å². The van der Waals surface area contributed by atoms with Crippen molar-refractivity contribution in [1.82, 2.24) is 0 Å². The fourth-order valence-corrected chi connectivity index (χ4v) is 2.43. The molecule has 0 aliphatic rings. The van der Waals surface area contributed by atoms with Gasteiger partial charge in [0.05, 0.1) is 0 Å². The zero-order chi connectivity index (χ0) is 16.9. The Hall–Kier alpha value is -1.81. The van der Waals surface area contributed by atoms with Gasteiger partial charge in [-0.2, -0.15) is 0 Å². The lowest BCUT2D eigenvalue weighted by Gasteiger charge is -2.17. The molecule has 3 aromatic carbocycles. The molecule has 3 aromatic rings. The molecule has 6 heteroatoms. The van der Waals surface area contributed by atoms with Crippen LogP contribution in [0.2, 0.25) is 15.1 Å². The lowest BCUT2D eigenvalue weighted by atomic mass is 9.78. The first-order valence-electron chi connectivity index (χ1n) is 7.20. The molecule has 2 nitrogen and oxygen atoms in total. The maximum Gasteiger partial charge on any atom is 0.632 e. The number of benzene rings is 3. The van der Waals surface area contributed by atoms with Crippen molar-refractivity contribution >= 4 is 47.4 Å². The quantitative estimate of drug-likeness (QED) is 0.547. The Labute approximate surface area is 156 Å². The fourth-order valence-electron chi connectivity index (χ4n) is 2.05. The van der Waals surface area contributed by atoms with Crippen LogP contribution in [0.1, 0.15) is 0 Å². The summed E-state index contributed by atoms with van der Waals surface area (Å²) in [6, 6.07) is 21.5. The van der Waals surface area contributed by atoms with Gasteiger partial charge in [0.2, 0.25) is 0 Å². The van der Waals surface area contributed by atoms with Gasteiger partial charge < -0.3 is 9.31 Å². The molecule has 0 heterocycles. The standard InChI is InChI=1S/C18H12BCl3O2/c20-14-3-1-13(2-4-14)19(23-17-9-5-15(21)6-10-17)24-18-11-7-16(22)8-12-18/h1-12H. The van der Waals surface area contributed by atoms with Gasteiger partial charge in [-0.15, -0.1) is 0 Å². The van der Waals surface area contributed by atoms with Crippen LogP contribution in [-0.2, 0) is 0 Å². The van der Waals surface area contributed by atoms with Gasteiger partial charge in [0.25, 0.3) is 0 Å². The molecule has 0 bridgehead atoms. The van der Waals surface area contributed by atoms with E-state index in [2.05, 4.69) is 0 Å². The minimum absolute atomic E-state index is 0.635. The van der Waals surface area contributed by atoms with Crippen LogP contribution in [0.4, 0.5) is 0 Å². The SMILES string of the molecule is Clc1ccc(OB(Oc2ccc(Cl)cc2)c2ccc(Cl)cc2)cc1. The summed E-state index contributed by atoms with van der Waals surface area (Å²) in [4.78, 5) is 0. The first-order chi connectivity index (χ1) is 11.6. The Morgan fingerprint density at radius 2 is 0.833 bits per heavy atom. The molecular weight excluding hydrogens is 365 g/mol. The Kier molecular flexibility index (Phi) is 5.57. The predicted octanol–water partition coefficient (Wildman–Crippen LogP) is 5.50. The molecule has 0 N–H and O–H groups in total. The number of hydrogen-bond acceptors (Lipinski definition) is 2. The second-order valence-corrected chi connectivity index (χ2v) is 6.34. The summed E-state index contributed by atoms with van der Waals surface area (Å²) in [5.74, 6) is 1.29. The Morgan fingerprint density at radius 3 is 1.21 bits per heavy atom. The van der Waals surface area contributed by atoms with Gasteiger partial charge in [0.15, 0.2) is 0 Å². The van der Waals surface area contributed by atoms with Crippen LogP contribution in [0.3, 0.4) is 0 Å². The van der Waals surface area contributed by atoms with E-state index in [4.69, 9.17) is 44.1 Å². The Morgan fingerprint density at radius 1 is 0.500 bits per heavy atom. The van der Waals surface area contributed by atoms with E-state index in [0.717, 1.165) is 5.46 Å². The third-order valence-corrected chi connectivity index (χ3v) is 4.01. The van der Waals surface area contributed by atoms with E-state index in [-0.39, 0.29) is 0 Å². The molecule has 0 saturated carbocycles. The summed E-state index contributed by atoms with van der Waals surface area (Å²) in [7, 11) is -0.635. The monoisotopic (exact) mass is 376 g/mol. The van der Waals surface area contributed by atoms with E-state index in [1.165, 1.54) is 0 Å². The summed E-state index contributed by atoms with van der Waals surface area (Å²) in [6.07, 6.45) is 0. The highest BCUT2D eigenvalue weighted by Gasteiger charge is 2.26. The molecule has 0 fully saturated rings. The third-order valence-electron chi connectivity index (χ3n) is 3.26. The van der Waals surface area contributed by atoms with Crippen molar-refractivity contribution < 1.29 is 9.31 Å². The van der Waals surface area contributed by atoms with Crippen LogP contribution < -0.4 is 14.8 Å². The minimum atomic E-state index is -0.635. The van der Waals surface area contributed by atoms with Crippen molar-refractivity contribution in [3.63, 3.8) is 0 Å². The molecule has 0 amide bonds. The second kappa shape index (κ2) is 7.84. The maximum atomic E-state index is 5.97. The highest BCUT2D eigenvalue weighted by molar-refractivity contribution is 6.62. The zero-order valence-electron chi connectivity index (χ0n) is 12.5. The Bertz CT molecular complexity index is 743. The number of hydrogen-bond donors (Lipinski definition) is 0. The van der Waals surface area contributed by atoms with Gasteiger partial charge in [-0.3, -0.25) is 0 Å². The average Bonchev–Trinajstić information content (AvgIpc) is 2.59. The van der Waals surface area contributed by atoms with E-state index in [0.29, 0.717) is 26.6 Å². The Balaban J connectivity index is 1.86. The molecule has 0 spiro atoms. The maximum absolute atomic E-state index is 5.97. The van der Waals surface area contributed by atoms with Crippen LogP contribution in [-0.4, -0.2) is 7.12 Å². The van der Waals surface area contributed by atoms with Gasteiger partial charge in [-0.1, -0.05) is 46.9 Å². The lowest BCUT2D eigenvalue weighted by Crippen LogP contribution is -2.42. The third kappa shape index (κ3) is 4.61. The van der Waals surface area contributed by atoms with Crippen molar-refractivity contribution in [3.8, 4) is 11.5 Å². The van der Waals surface area contributed by atoms with Gasteiger partial charge in [0.1, 0.15) is 11.5 Å². The van der Waals surface area contributed by atoms with Crippen LogP contribution in [0.5, 0.6) is 11.5 Å². The van der Waals surface area contributed by atoms with Crippen LogP contribution in [0.25, 0.3) is 0 Å². The highest BCUT2D eigenvalue weighted by atomic mass is 35.5. The molecule has 0 radical (unpaired) electrons. The topological polar surface area (TPSA) is 18.5 Å². The van der Waals surface area contributed by atoms with Gasteiger partial charge in [-0.25, -0.2) is 0 Å². The number of halogens is 3. The summed E-state index contributed by atoms with van der Waals surface area (Å²) in [6.45, 7) is 0. The molecular formula is C18H12BCl3O2. The average molecular weight is 377 g/mol. The first-order valence-corrected chi connectivity index (χ1v) is 8.33. The predicted molar refractivity (Wildman–Crippen MR) is 101 cm³/mol. The van der Waals surface area contributed by atoms with Crippen molar-refractivity contribution in [3.05, 3.63) is 87.9 Å². The summed E-state index contributed by atoms with van der Waals surface area (Å²) in [5, 5.41) is 1.93. The molecule has 0 saturated heterocycles. The van der Waals surface area contributed by atoms with Crippen molar-refractivity contribution in [2.45, 2.75) is 0 Å². The van der Waals surface area contributed by atoms with E-state index >= 15 is 0 Å². The summed E-state index contributed by atoms with van der Waals surface area (Å²) in [5.41, 5.74) is 0.837. The molecule has 24 heavy (non-hydrogen) atoms. The molecule has 0 aliphatic carbocycles. The first kappa shape index (κ1) is 17.0. The van der Waals surface area contributed by atoms with Gasteiger partial charge in [0, 0.05) is 20.5 Å². The van der Waals surface area contributed by atoms with E-state index in [9.17, 15) is 0 Å². The smallest absolute Gasteiger partial charge is 0.522 e. The van der Waals surface area contributed by atoms with Crippen LogP contribution >= 0.6 is 34.8 Å². The number of rotatable bonds is 5. The van der Waals surface area contributed by atoms with Crippen molar-refractivity contribution in [2.24, 2.45) is 0 Å². The molecule has 3 rings (SSSR count). The molecule has 0 aliphatic heterocycles. The summed E-state index contributed by atoms with van der Waals surface area (Å²) < 4.78 is 11.9. The second-order valence-electron chi connectivity index (χ2n) is 5.03. The molecule has 0 aromatic heterocycles. The van der Waals surface area contributed by atoms with Gasteiger partial charge in [-0.05, 0) is 60.7 Å². The van der Waals surface area contributed by atoms with E-state index in [1.54, 1.807) is 60.7 Å². The summed E-state index contributed by atoms with van der Waals surface area (Å²) >= 11 is 17.8. The normalized spacial score (nSPS) is 10.3.